The molecular weight excluding hydrogens is 312 g/mol. The fraction of sp³-hybridized carbons (Fsp3) is 0. The Morgan fingerprint density at radius 1 is 0.870 bits per heavy atom. The summed E-state index contributed by atoms with van der Waals surface area (Å²) in [6, 6.07) is 12.0. The van der Waals surface area contributed by atoms with Crippen LogP contribution in [0.25, 0.3) is 0 Å². The van der Waals surface area contributed by atoms with E-state index in [2.05, 4.69) is 20.6 Å². The van der Waals surface area contributed by atoms with Crippen molar-refractivity contribution in [3.63, 3.8) is 0 Å². The summed E-state index contributed by atoms with van der Waals surface area (Å²) in [6.45, 7) is 0. The molecule has 3 aromatic rings. The van der Waals surface area contributed by atoms with Crippen LogP contribution < -0.4 is 10.6 Å². The lowest BCUT2D eigenvalue weighted by molar-refractivity contribution is 0.102. The van der Waals surface area contributed by atoms with Gasteiger partial charge in [0, 0.05) is 17.8 Å². The first-order chi connectivity index (χ1) is 11.2. The van der Waals surface area contributed by atoms with Gasteiger partial charge in [-0.25, -0.2) is 9.97 Å². The maximum absolute atomic E-state index is 12.1. The fourth-order valence-corrected chi connectivity index (χ4v) is 2.60. The van der Waals surface area contributed by atoms with Crippen molar-refractivity contribution in [1.82, 2.24) is 9.97 Å². The number of nitrogens with one attached hydrogen (secondary N) is 2. The molecule has 114 valence electrons. The van der Waals surface area contributed by atoms with E-state index in [-0.39, 0.29) is 11.8 Å². The van der Waals surface area contributed by atoms with Gasteiger partial charge in [0.1, 0.15) is 11.6 Å². The summed E-state index contributed by atoms with van der Waals surface area (Å²) in [5.74, 6) is 0.316. The Bertz CT molecular complexity index is 750. The van der Waals surface area contributed by atoms with E-state index in [1.165, 1.54) is 11.3 Å². The number of rotatable bonds is 4. The molecule has 0 aromatic carbocycles. The Kier molecular flexibility index (Phi) is 4.39. The quantitative estimate of drug-likeness (QED) is 0.772. The van der Waals surface area contributed by atoms with Gasteiger partial charge in [0.2, 0.25) is 0 Å². The average molecular weight is 324 g/mol. The summed E-state index contributed by atoms with van der Waals surface area (Å²) in [4.78, 5) is 32.7. The highest BCUT2D eigenvalue weighted by Crippen LogP contribution is 2.17. The predicted octanol–water partition coefficient (Wildman–Crippen LogP) is 3.04. The largest absolute Gasteiger partial charge is 0.307 e. The Morgan fingerprint density at radius 2 is 1.48 bits per heavy atom. The second-order valence-corrected chi connectivity index (χ2v) is 5.45. The number of carbonyl (C=O) groups is 2. The summed E-state index contributed by atoms with van der Waals surface area (Å²) in [6.07, 6.45) is 3.19. The molecule has 0 aliphatic heterocycles. The molecule has 0 saturated carbocycles. The number of thiophene rings is 1. The molecule has 0 bridgehead atoms. The normalized spacial score (nSPS) is 10.1. The van der Waals surface area contributed by atoms with Gasteiger partial charge in [-0.05, 0) is 30.3 Å². The summed E-state index contributed by atoms with van der Waals surface area (Å²) in [5.41, 5.74) is 0.409. The van der Waals surface area contributed by atoms with Crippen molar-refractivity contribution in [3.8, 4) is 0 Å². The number of hydrogen-bond acceptors (Lipinski definition) is 5. The minimum Gasteiger partial charge on any atom is -0.307 e. The molecule has 0 atom stereocenters. The molecule has 0 radical (unpaired) electrons. The third kappa shape index (κ3) is 3.78. The second-order valence-electron chi connectivity index (χ2n) is 4.54. The van der Waals surface area contributed by atoms with E-state index >= 15 is 0 Å². The minimum atomic E-state index is -0.308. The lowest BCUT2D eigenvalue weighted by Gasteiger charge is -2.02. The lowest BCUT2D eigenvalue weighted by Crippen LogP contribution is -2.13. The summed E-state index contributed by atoms with van der Waals surface area (Å²) < 4.78 is 0. The molecule has 2 amide bonds. The van der Waals surface area contributed by atoms with Crippen LogP contribution in [0.4, 0.5) is 11.6 Å². The number of nitrogens with zero attached hydrogens (tertiary/aromatic N) is 2. The highest BCUT2D eigenvalue weighted by molar-refractivity contribution is 7.12. The van der Waals surface area contributed by atoms with Gasteiger partial charge in [0.25, 0.3) is 11.8 Å². The van der Waals surface area contributed by atoms with Gasteiger partial charge in [-0.3, -0.25) is 9.59 Å². The van der Waals surface area contributed by atoms with Gasteiger partial charge in [-0.1, -0.05) is 12.1 Å². The van der Waals surface area contributed by atoms with E-state index in [0.29, 0.717) is 22.1 Å². The third-order valence-electron chi connectivity index (χ3n) is 2.90. The van der Waals surface area contributed by atoms with Crippen LogP contribution in [0.1, 0.15) is 20.0 Å². The molecule has 0 aliphatic carbocycles. The first kappa shape index (κ1) is 14.9. The van der Waals surface area contributed by atoms with E-state index in [1.807, 2.05) is 0 Å². The first-order valence-corrected chi connectivity index (χ1v) is 7.63. The number of amides is 2. The zero-order chi connectivity index (χ0) is 16.1. The third-order valence-corrected chi connectivity index (χ3v) is 3.83. The van der Waals surface area contributed by atoms with Crippen LogP contribution in [0.5, 0.6) is 0 Å². The number of carbonyl (C=O) groups excluding carboxylic acids is 2. The molecule has 0 aliphatic rings. The van der Waals surface area contributed by atoms with Crippen LogP contribution in [0.2, 0.25) is 0 Å². The fourth-order valence-electron chi connectivity index (χ4n) is 1.81. The number of anilines is 2. The molecule has 0 saturated heterocycles. The van der Waals surface area contributed by atoms with Crippen LogP contribution in [0.3, 0.4) is 0 Å². The Balaban J connectivity index is 1.68. The molecular formula is C16H12N4O2S. The number of pyridine rings is 2. The van der Waals surface area contributed by atoms with E-state index in [4.69, 9.17) is 0 Å². The van der Waals surface area contributed by atoms with E-state index in [9.17, 15) is 9.59 Å². The lowest BCUT2D eigenvalue weighted by atomic mass is 10.3. The van der Waals surface area contributed by atoms with Gasteiger partial charge in [-0.15, -0.1) is 11.3 Å². The number of hydrogen-bond donors (Lipinski definition) is 2. The van der Waals surface area contributed by atoms with Crippen molar-refractivity contribution in [3.05, 3.63) is 70.7 Å². The predicted molar refractivity (Wildman–Crippen MR) is 88.7 cm³/mol. The minimum absolute atomic E-state index is 0.300. The van der Waals surface area contributed by atoms with Gasteiger partial charge in [0.05, 0.1) is 10.4 Å². The monoisotopic (exact) mass is 324 g/mol. The average Bonchev–Trinajstić information content (AvgIpc) is 3.07. The molecule has 3 heterocycles. The van der Waals surface area contributed by atoms with Crippen LogP contribution in [0, 0.1) is 0 Å². The van der Waals surface area contributed by atoms with Gasteiger partial charge in [-0.2, -0.15) is 0 Å². The topological polar surface area (TPSA) is 84.0 Å². The smallest absolute Gasteiger partial charge is 0.266 e. The Hall–Kier alpha value is -3.06. The van der Waals surface area contributed by atoms with Crippen LogP contribution in [0.15, 0.2) is 60.2 Å². The van der Waals surface area contributed by atoms with Crippen molar-refractivity contribution in [1.29, 1.82) is 0 Å². The second kappa shape index (κ2) is 6.80. The zero-order valence-corrected chi connectivity index (χ0v) is 12.7. The molecule has 7 heteroatoms. The maximum atomic E-state index is 12.1. The van der Waals surface area contributed by atoms with E-state index < -0.39 is 0 Å². The standard InChI is InChI=1S/C16H12N4O2S/c21-15(19-13-5-1-3-7-17-13)11-9-12(23-10-11)16(22)20-14-6-2-4-8-18-14/h1-10H,(H,17,19,21)(H,18,20,22). The Morgan fingerprint density at radius 3 is 2.04 bits per heavy atom. The van der Waals surface area contributed by atoms with Crippen molar-refractivity contribution in [2.45, 2.75) is 0 Å². The highest BCUT2D eigenvalue weighted by atomic mass is 32.1. The van der Waals surface area contributed by atoms with Crippen molar-refractivity contribution >= 4 is 34.8 Å². The summed E-state index contributed by atoms with van der Waals surface area (Å²) in [5, 5.41) is 6.98. The molecule has 2 N–H and O–H groups in total. The van der Waals surface area contributed by atoms with Gasteiger partial charge in [0.15, 0.2) is 0 Å². The van der Waals surface area contributed by atoms with Crippen LogP contribution in [-0.2, 0) is 0 Å². The zero-order valence-electron chi connectivity index (χ0n) is 11.9. The van der Waals surface area contributed by atoms with E-state index in [1.54, 1.807) is 60.2 Å². The molecule has 3 aromatic heterocycles. The highest BCUT2D eigenvalue weighted by Gasteiger charge is 2.14. The Labute approximate surface area is 136 Å². The number of aromatic nitrogens is 2. The van der Waals surface area contributed by atoms with Crippen LogP contribution >= 0.6 is 11.3 Å². The summed E-state index contributed by atoms with van der Waals surface area (Å²) in [7, 11) is 0. The maximum Gasteiger partial charge on any atom is 0.266 e. The SMILES string of the molecule is O=C(Nc1ccccn1)c1csc(C(=O)Nc2ccccn2)c1. The van der Waals surface area contributed by atoms with Gasteiger partial charge >= 0.3 is 0 Å². The molecule has 0 spiro atoms. The molecule has 3 rings (SSSR count). The van der Waals surface area contributed by atoms with Crippen molar-refractivity contribution in [2.75, 3.05) is 10.6 Å². The summed E-state index contributed by atoms with van der Waals surface area (Å²) >= 11 is 1.19. The molecule has 0 unspecified atom stereocenters. The molecule has 6 nitrogen and oxygen atoms in total. The first-order valence-electron chi connectivity index (χ1n) is 6.76. The molecule has 23 heavy (non-hydrogen) atoms. The van der Waals surface area contributed by atoms with Crippen molar-refractivity contribution < 1.29 is 9.59 Å². The van der Waals surface area contributed by atoms with Crippen molar-refractivity contribution in [2.24, 2.45) is 0 Å². The van der Waals surface area contributed by atoms with E-state index in [0.717, 1.165) is 0 Å². The van der Waals surface area contributed by atoms with Crippen LogP contribution in [-0.4, -0.2) is 21.8 Å². The van der Waals surface area contributed by atoms with Gasteiger partial charge < -0.3 is 10.6 Å². The molecule has 0 fully saturated rings.